The number of nitrogens with zero attached hydrogens (tertiary/aromatic N) is 1. The van der Waals surface area contributed by atoms with Gasteiger partial charge in [0.2, 0.25) is 5.82 Å². The third-order valence-corrected chi connectivity index (χ3v) is 1.39. The molecule has 0 fully saturated rings. The van der Waals surface area contributed by atoms with Crippen molar-refractivity contribution in [1.82, 2.24) is 4.98 Å². The number of halogens is 3. The van der Waals surface area contributed by atoms with E-state index in [0.29, 0.717) is 6.20 Å². The zero-order valence-electron chi connectivity index (χ0n) is 6.59. The third-order valence-electron chi connectivity index (χ3n) is 1.39. The van der Waals surface area contributed by atoms with Gasteiger partial charge in [0, 0.05) is 0 Å². The predicted octanol–water partition coefficient (Wildman–Crippen LogP) is 1.87. The van der Waals surface area contributed by atoms with Crippen LogP contribution >= 0.6 is 0 Å². The van der Waals surface area contributed by atoms with Crippen molar-refractivity contribution in [3.63, 3.8) is 0 Å². The molecule has 0 radical (unpaired) electrons. The zero-order valence-corrected chi connectivity index (χ0v) is 6.59. The Kier molecular flexibility index (Phi) is 2.60. The average Bonchev–Trinajstić information content (AvgIpc) is 2.09. The van der Waals surface area contributed by atoms with Crippen molar-refractivity contribution in [3.8, 4) is 11.5 Å². The molecule has 13 heavy (non-hydrogen) atoms. The zero-order chi connectivity index (χ0) is 10.0. The number of pyridine rings is 1. The molecule has 0 saturated heterocycles. The molecular weight excluding hydrogens is 187 g/mol. The van der Waals surface area contributed by atoms with Crippen LogP contribution in [0.2, 0.25) is 0 Å². The first-order chi connectivity index (χ1) is 6.07. The van der Waals surface area contributed by atoms with Crippen molar-refractivity contribution >= 4 is 0 Å². The first-order valence-electron chi connectivity index (χ1n) is 3.27. The first kappa shape index (κ1) is 9.63. The van der Waals surface area contributed by atoms with Crippen molar-refractivity contribution < 1.29 is 23.0 Å². The standard InChI is InChI=1S/C7H6F3NO2/c1-13-6-4(8)3(12)2-11-5(6)7(9)10/h2,7,12H,1H3. The molecule has 3 nitrogen and oxygen atoms in total. The number of ether oxygens (including phenoxy) is 1. The van der Waals surface area contributed by atoms with E-state index >= 15 is 0 Å². The highest BCUT2D eigenvalue weighted by molar-refractivity contribution is 5.37. The Bertz CT molecular complexity index is 317. The Hall–Kier alpha value is -1.46. The van der Waals surface area contributed by atoms with Gasteiger partial charge in [-0.05, 0) is 0 Å². The van der Waals surface area contributed by atoms with Crippen LogP contribution in [0.15, 0.2) is 6.20 Å². The fourth-order valence-corrected chi connectivity index (χ4v) is 0.824. The van der Waals surface area contributed by atoms with Gasteiger partial charge < -0.3 is 9.84 Å². The molecule has 1 rings (SSSR count). The average molecular weight is 193 g/mol. The van der Waals surface area contributed by atoms with E-state index in [1.54, 1.807) is 0 Å². The van der Waals surface area contributed by atoms with Gasteiger partial charge in [0.1, 0.15) is 0 Å². The minimum absolute atomic E-state index is 0.610. The highest BCUT2D eigenvalue weighted by atomic mass is 19.3. The van der Waals surface area contributed by atoms with E-state index in [-0.39, 0.29) is 0 Å². The summed E-state index contributed by atoms with van der Waals surface area (Å²) in [5, 5.41) is 8.78. The van der Waals surface area contributed by atoms with Gasteiger partial charge in [-0.1, -0.05) is 0 Å². The van der Waals surface area contributed by atoms with Crippen LogP contribution in [-0.4, -0.2) is 17.2 Å². The van der Waals surface area contributed by atoms with E-state index in [1.165, 1.54) is 0 Å². The molecule has 0 saturated carbocycles. The van der Waals surface area contributed by atoms with Gasteiger partial charge in [-0.2, -0.15) is 4.39 Å². The Morgan fingerprint density at radius 3 is 2.62 bits per heavy atom. The molecule has 1 N–H and O–H groups in total. The monoisotopic (exact) mass is 193 g/mol. The summed E-state index contributed by atoms with van der Waals surface area (Å²) in [7, 11) is 1.02. The van der Waals surface area contributed by atoms with Crippen LogP contribution in [0, 0.1) is 5.82 Å². The van der Waals surface area contributed by atoms with Crippen LogP contribution in [-0.2, 0) is 0 Å². The molecule has 1 aromatic heterocycles. The Morgan fingerprint density at radius 1 is 1.54 bits per heavy atom. The number of alkyl halides is 2. The minimum atomic E-state index is -2.94. The summed E-state index contributed by atoms with van der Waals surface area (Å²) < 4.78 is 41.5. The topological polar surface area (TPSA) is 42.4 Å². The lowest BCUT2D eigenvalue weighted by atomic mass is 10.3. The molecule has 72 valence electrons. The summed E-state index contributed by atoms with van der Waals surface area (Å²) in [5.41, 5.74) is -0.821. The SMILES string of the molecule is COc1c(C(F)F)ncc(O)c1F. The van der Waals surface area contributed by atoms with Crippen molar-refractivity contribution in [2.45, 2.75) is 6.43 Å². The minimum Gasteiger partial charge on any atom is -0.504 e. The highest BCUT2D eigenvalue weighted by Gasteiger charge is 2.21. The number of aromatic hydroxyl groups is 1. The third kappa shape index (κ3) is 1.66. The number of hydrogen-bond donors (Lipinski definition) is 1. The maximum absolute atomic E-state index is 12.9. The van der Waals surface area contributed by atoms with Crippen LogP contribution in [0.4, 0.5) is 13.2 Å². The number of methoxy groups -OCH3 is 1. The van der Waals surface area contributed by atoms with Crippen LogP contribution in [0.3, 0.4) is 0 Å². The van der Waals surface area contributed by atoms with Gasteiger partial charge in [-0.3, -0.25) is 0 Å². The van der Waals surface area contributed by atoms with Gasteiger partial charge in [-0.25, -0.2) is 13.8 Å². The highest BCUT2D eigenvalue weighted by Crippen LogP contribution is 2.32. The summed E-state index contributed by atoms with van der Waals surface area (Å²) in [6, 6.07) is 0. The van der Waals surface area contributed by atoms with Gasteiger partial charge in [-0.15, -0.1) is 0 Å². The maximum Gasteiger partial charge on any atom is 0.284 e. The van der Waals surface area contributed by atoms with E-state index in [1.807, 2.05) is 0 Å². The van der Waals surface area contributed by atoms with Crippen LogP contribution in [0.25, 0.3) is 0 Å². The molecule has 0 unspecified atom stereocenters. The summed E-state index contributed by atoms with van der Waals surface area (Å²) in [4.78, 5) is 3.14. The molecule has 1 aromatic rings. The summed E-state index contributed by atoms with van der Waals surface area (Å²) in [5.74, 6) is -2.77. The van der Waals surface area contributed by atoms with Gasteiger partial charge in [0.05, 0.1) is 13.3 Å². The molecule has 0 amide bonds. The van der Waals surface area contributed by atoms with Crippen LogP contribution in [0.1, 0.15) is 12.1 Å². The normalized spacial score (nSPS) is 10.5. The molecular formula is C7H6F3NO2. The second-order valence-corrected chi connectivity index (χ2v) is 2.18. The fourth-order valence-electron chi connectivity index (χ4n) is 0.824. The second-order valence-electron chi connectivity index (χ2n) is 2.18. The van der Waals surface area contributed by atoms with Crippen molar-refractivity contribution in [3.05, 3.63) is 17.7 Å². The lowest BCUT2D eigenvalue weighted by molar-refractivity contribution is 0.139. The fraction of sp³-hybridized carbons (Fsp3) is 0.286. The van der Waals surface area contributed by atoms with E-state index in [9.17, 15) is 13.2 Å². The van der Waals surface area contributed by atoms with Crippen molar-refractivity contribution in [2.24, 2.45) is 0 Å². The molecule has 0 aliphatic heterocycles. The summed E-state index contributed by atoms with van der Waals surface area (Å²) in [6.45, 7) is 0. The van der Waals surface area contributed by atoms with Crippen LogP contribution in [0.5, 0.6) is 11.5 Å². The quantitative estimate of drug-likeness (QED) is 0.779. The molecule has 0 aliphatic carbocycles. The van der Waals surface area contributed by atoms with E-state index in [2.05, 4.69) is 9.72 Å². The van der Waals surface area contributed by atoms with Gasteiger partial charge in [0.15, 0.2) is 17.2 Å². The number of rotatable bonds is 2. The Morgan fingerprint density at radius 2 is 2.15 bits per heavy atom. The molecule has 1 heterocycles. The van der Waals surface area contributed by atoms with E-state index in [4.69, 9.17) is 5.11 Å². The van der Waals surface area contributed by atoms with Crippen LogP contribution < -0.4 is 4.74 Å². The molecule has 6 heteroatoms. The van der Waals surface area contributed by atoms with E-state index < -0.39 is 29.4 Å². The van der Waals surface area contributed by atoms with Crippen molar-refractivity contribution in [1.29, 1.82) is 0 Å². The van der Waals surface area contributed by atoms with Gasteiger partial charge >= 0.3 is 0 Å². The number of aromatic nitrogens is 1. The predicted molar refractivity (Wildman–Crippen MR) is 37.4 cm³/mol. The Balaban J connectivity index is 3.30. The lowest BCUT2D eigenvalue weighted by Crippen LogP contribution is -1.99. The molecule has 0 aliphatic rings. The number of hydrogen-bond acceptors (Lipinski definition) is 3. The molecule has 0 aromatic carbocycles. The Labute approximate surface area is 71.8 Å². The maximum atomic E-state index is 12.9. The summed E-state index contributed by atoms with van der Waals surface area (Å²) >= 11 is 0. The smallest absolute Gasteiger partial charge is 0.284 e. The molecule has 0 spiro atoms. The van der Waals surface area contributed by atoms with E-state index in [0.717, 1.165) is 7.11 Å². The molecule has 0 bridgehead atoms. The lowest BCUT2D eigenvalue weighted by Gasteiger charge is -2.07. The first-order valence-corrected chi connectivity index (χ1v) is 3.27. The second kappa shape index (κ2) is 3.51. The van der Waals surface area contributed by atoms with Crippen molar-refractivity contribution in [2.75, 3.05) is 7.11 Å². The van der Waals surface area contributed by atoms with Gasteiger partial charge in [0.25, 0.3) is 6.43 Å². The molecule has 0 atom stereocenters. The largest absolute Gasteiger partial charge is 0.504 e. The summed E-state index contributed by atoms with van der Waals surface area (Å²) in [6.07, 6.45) is -2.33.